The summed E-state index contributed by atoms with van der Waals surface area (Å²) in [7, 11) is 1.94. The van der Waals surface area contributed by atoms with Crippen LogP contribution in [0.1, 0.15) is 26.3 Å². The number of carbonyl (C=O) groups excluding carboxylic acids is 1. The summed E-state index contributed by atoms with van der Waals surface area (Å²) in [6, 6.07) is 6.12. The Morgan fingerprint density at radius 3 is 2.59 bits per heavy atom. The normalized spacial score (nSPS) is 15.0. The highest BCUT2D eigenvalue weighted by Gasteiger charge is 2.15. The molecule has 0 radical (unpaired) electrons. The SMILES string of the molecule is CC(C)C(C)NC(=O)CN(C)Cc1ccc2c(c1)OCCO2. The Hall–Kier alpha value is -1.75. The number of benzene rings is 1. The molecule has 5 heteroatoms. The molecule has 122 valence electrons. The highest BCUT2D eigenvalue weighted by atomic mass is 16.6. The summed E-state index contributed by atoms with van der Waals surface area (Å²) in [5, 5.41) is 3.02. The van der Waals surface area contributed by atoms with Crippen molar-refractivity contribution < 1.29 is 14.3 Å². The standard InChI is InChI=1S/C17H26N2O3/c1-12(2)13(3)18-17(20)11-19(4)10-14-5-6-15-16(9-14)22-8-7-21-15/h5-6,9,12-13H,7-8,10-11H2,1-4H3,(H,18,20). The molecule has 0 spiro atoms. The maximum Gasteiger partial charge on any atom is 0.234 e. The van der Waals surface area contributed by atoms with Gasteiger partial charge in [0.25, 0.3) is 0 Å². The molecule has 0 saturated carbocycles. The summed E-state index contributed by atoms with van der Waals surface area (Å²) in [5.41, 5.74) is 1.11. The Labute approximate surface area is 132 Å². The third-order valence-electron chi connectivity index (χ3n) is 3.86. The van der Waals surface area contributed by atoms with E-state index in [1.54, 1.807) is 0 Å². The Morgan fingerprint density at radius 1 is 1.23 bits per heavy atom. The van der Waals surface area contributed by atoms with Crippen molar-refractivity contribution in [3.63, 3.8) is 0 Å². The van der Waals surface area contributed by atoms with Crippen molar-refractivity contribution in [1.29, 1.82) is 0 Å². The molecular weight excluding hydrogens is 280 g/mol. The van der Waals surface area contributed by atoms with Gasteiger partial charge in [-0.05, 0) is 37.6 Å². The van der Waals surface area contributed by atoms with Crippen molar-refractivity contribution in [2.75, 3.05) is 26.8 Å². The number of ether oxygens (including phenoxy) is 2. The molecule has 0 fully saturated rings. The zero-order valence-electron chi connectivity index (χ0n) is 13.9. The highest BCUT2D eigenvalue weighted by molar-refractivity contribution is 5.78. The smallest absolute Gasteiger partial charge is 0.234 e. The van der Waals surface area contributed by atoms with Gasteiger partial charge in [0.05, 0.1) is 6.54 Å². The van der Waals surface area contributed by atoms with E-state index in [4.69, 9.17) is 9.47 Å². The van der Waals surface area contributed by atoms with Crippen molar-refractivity contribution in [3.05, 3.63) is 23.8 Å². The first-order valence-corrected chi connectivity index (χ1v) is 7.82. The average Bonchev–Trinajstić information content (AvgIpc) is 2.46. The van der Waals surface area contributed by atoms with Gasteiger partial charge in [-0.2, -0.15) is 0 Å². The molecule has 5 nitrogen and oxygen atoms in total. The third kappa shape index (κ3) is 4.63. The number of nitrogens with one attached hydrogen (secondary N) is 1. The van der Waals surface area contributed by atoms with Gasteiger partial charge in [-0.25, -0.2) is 0 Å². The van der Waals surface area contributed by atoms with Gasteiger partial charge in [-0.15, -0.1) is 0 Å². The second-order valence-electron chi connectivity index (χ2n) is 6.25. The Morgan fingerprint density at radius 2 is 1.91 bits per heavy atom. The Kier molecular flexibility index (Phi) is 5.66. The van der Waals surface area contributed by atoms with Crippen LogP contribution in [0.25, 0.3) is 0 Å². The predicted molar refractivity (Wildman–Crippen MR) is 86.2 cm³/mol. The van der Waals surface area contributed by atoms with Crippen molar-refractivity contribution in [2.24, 2.45) is 5.92 Å². The summed E-state index contributed by atoms with van der Waals surface area (Å²) >= 11 is 0. The topological polar surface area (TPSA) is 50.8 Å². The van der Waals surface area contributed by atoms with E-state index >= 15 is 0 Å². The molecule has 22 heavy (non-hydrogen) atoms. The van der Waals surface area contributed by atoms with E-state index in [9.17, 15) is 4.79 Å². The van der Waals surface area contributed by atoms with Crippen LogP contribution in [0.2, 0.25) is 0 Å². The molecule has 0 bridgehead atoms. The molecule has 1 heterocycles. The van der Waals surface area contributed by atoms with Crippen LogP contribution in [0, 0.1) is 5.92 Å². The first kappa shape index (κ1) is 16.6. The van der Waals surface area contributed by atoms with E-state index in [1.807, 2.05) is 37.1 Å². The zero-order chi connectivity index (χ0) is 16.1. The fraction of sp³-hybridized carbons (Fsp3) is 0.588. The van der Waals surface area contributed by atoms with Gasteiger partial charge in [0.15, 0.2) is 11.5 Å². The Bertz CT molecular complexity index is 517. The minimum atomic E-state index is 0.0567. The van der Waals surface area contributed by atoms with Crippen LogP contribution in [-0.2, 0) is 11.3 Å². The van der Waals surface area contributed by atoms with Crippen LogP contribution in [0.15, 0.2) is 18.2 Å². The molecule has 1 N–H and O–H groups in total. The van der Waals surface area contributed by atoms with Gasteiger partial charge in [-0.1, -0.05) is 19.9 Å². The van der Waals surface area contributed by atoms with Crippen LogP contribution in [0.5, 0.6) is 11.5 Å². The summed E-state index contributed by atoms with van der Waals surface area (Å²) in [6.45, 7) is 8.49. The predicted octanol–water partition coefficient (Wildman–Crippen LogP) is 2.05. The molecule has 0 aliphatic carbocycles. The number of hydrogen-bond donors (Lipinski definition) is 1. The quantitative estimate of drug-likeness (QED) is 0.874. The number of likely N-dealkylation sites (N-methyl/N-ethyl adjacent to an activating group) is 1. The number of amides is 1. The third-order valence-corrected chi connectivity index (χ3v) is 3.86. The molecule has 0 saturated heterocycles. The van der Waals surface area contributed by atoms with Crippen molar-refractivity contribution in [2.45, 2.75) is 33.4 Å². The van der Waals surface area contributed by atoms with E-state index in [1.165, 1.54) is 0 Å². The van der Waals surface area contributed by atoms with Crippen LogP contribution in [0.4, 0.5) is 0 Å². The molecule has 1 amide bonds. The molecule has 1 aromatic rings. The minimum Gasteiger partial charge on any atom is -0.486 e. The molecular formula is C17H26N2O3. The van der Waals surface area contributed by atoms with Gasteiger partial charge in [0.2, 0.25) is 5.91 Å². The van der Waals surface area contributed by atoms with Crippen LogP contribution >= 0.6 is 0 Å². The molecule has 2 rings (SSSR count). The van der Waals surface area contributed by atoms with Gasteiger partial charge in [-0.3, -0.25) is 9.69 Å². The summed E-state index contributed by atoms with van der Waals surface area (Å²) in [6.07, 6.45) is 0. The fourth-order valence-corrected chi connectivity index (χ4v) is 2.27. The largest absolute Gasteiger partial charge is 0.486 e. The number of rotatable bonds is 6. The van der Waals surface area contributed by atoms with E-state index < -0.39 is 0 Å². The van der Waals surface area contributed by atoms with Crippen LogP contribution < -0.4 is 14.8 Å². The molecule has 1 aliphatic rings. The molecule has 1 aliphatic heterocycles. The lowest BCUT2D eigenvalue weighted by atomic mass is 10.1. The average molecular weight is 306 g/mol. The first-order valence-electron chi connectivity index (χ1n) is 7.82. The second kappa shape index (κ2) is 7.49. The van der Waals surface area contributed by atoms with Crippen LogP contribution in [-0.4, -0.2) is 43.7 Å². The lowest BCUT2D eigenvalue weighted by Gasteiger charge is -2.22. The van der Waals surface area contributed by atoms with Gasteiger partial charge < -0.3 is 14.8 Å². The molecule has 1 unspecified atom stereocenters. The van der Waals surface area contributed by atoms with E-state index in [-0.39, 0.29) is 11.9 Å². The van der Waals surface area contributed by atoms with Gasteiger partial charge in [0, 0.05) is 12.6 Å². The second-order valence-corrected chi connectivity index (χ2v) is 6.25. The number of nitrogens with zero attached hydrogens (tertiary/aromatic N) is 1. The Balaban J connectivity index is 1.86. The zero-order valence-corrected chi connectivity index (χ0v) is 13.9. The van der Waals surface area contributed by atoms with Crippen molar-refractivity contribution >= 4 is 5.91 Å². The molecule has 1 atom stereocenters. The van der Waals surface area contributed by atoms with Crippen molar-refractivity contribution in [1.82, 2.24) is 10.2 Å². The van der Waals surface area contributed by atoms with E-state index in [0.29, 0.717) is 32.2 Å². The number of carbonyl (C=O) groups is 1. The number of fused-ring (bicyclic) bond motifs is 1. The monoisotopic (exact) mass is 306 g/mol. The summed E-state index contributed by atoms with van der Waals surface area (Å²) in [4.78, 5) is 14.0. The number of hydrogen-bond acceptors (Lipinski definition) is 4. The molecule has 0 aromatic heterocycles. The maximum absolute atomic E-state index is 12.0. The van der Waals surface area contributed by atoms with Crippen LogP contribution in [0.3, 0.4) is 0 Å². The van der Waals surface area contributed by atoms with Gasteiger partial charge >= 0.3 is 0 Å². The maximum atomic E-state index is 12.0. The minimum absolute atomic E-state index is 0.0567. The van der Waals surface area contributed by atoms with Crippen molar-refractivity contribution in [3.8, 4) is 11.5 Å². The first-order chi connectivity index (χ1) is 10.5. The van der Waals surface area contributed by atoms with E-state index in [2.05, 4.69) is 19.2 Å². The molecule has 1 aromatic carbocycles. The highest BCUT2D eigenvalue weighted by Crippen LogP contribution is 2.30. The lowest BCUT2D eigenvalue weighted by Crippen LogP contribution is -2.41. The van der Waals surface area contributed by atoms with E-state index in [0.717, 1.165) is 17.1 Å². The summed E-state index contributed by atoms with van der Waals surface area (Å²) < 4.78 is 11.1. The fourth-order valence-electron chi connectivity index (χ4n) is 2.27. The lowest BCUT2D eigenvalue weighted by molar-refractivity contribution is -0.122. The van der Waals surface area contributed by atoms with Gasteiger partial charge in [0.1, 0.15) is 13.2 Å². The summed E-state index contributed by atoms with van der Waals surface area (Å²) in [5.74, 6) is 2.07.